The number of hydrogen-bond acceptors (Lipinski definition) is 6. The number of carbonyl (C=O) groups excluding carboxylic acids is 3. The van der Waals surface area contributed by atoms with Crippen LogP contribution in [-0.4, -0.2) is 37.2 Å². The zero-order valence-electron chi connectivity index (χ0n) is 37.0. The van der Waals surface area contributed by atoms with Gasteiger partial charge in [-0.3, -0.25) is 14.4 Å². The molecule has 0 aliphatic heterocycles. The highest BCUT2D eigenvalue weighted by molar-refractivity contribution is 5.71. The van der Waals surface area contributed by atoms with Crippen molar-refractivity contribution >= 4 is 17.9 Å². The van der Waals surface area contributed by atoms with Gasteiger partial charge in [0.2, 0.25) is 0 Å². The van der Waals surface area contributed by atoms with E-state index in [0.29, 0.717) is 19.3 Å². The lowest BCUT2D eigenvalue weighted by molar-refractivity contribution is -0.167. The normalized spacial score (nSPS) is 12.0. The number of rotatable bonds is 44. The summed E-state index contributed by atoms with van der Waals surface area (Å²) in [5.74, 6) is -0.868. The van der Waals surface area contributed by atoms with Crippen LogP contribution in [0.5, 0.6) is 0 Å². The number of esters is 3. The second kappa shape index (κ2) is 44.9. The highest BCUT2D eigenvalue weighted by Crippen LogP contribution is 2.15. The summed E-state index contributed by atoms with van der Waals surface area (Å²) >= 11 is 0. The minimum Gasteiger partial charge on any atom is -0.462 e. The monoisotopic (exact) mass is 777 g/mol. The van der Waals surface area contributed by atoms with Gasteiger partial charge in [-0.05, 0) is 44.9 Å². The molecular formula is C49H92O6. The van der Waals surface area contributed by atoms with Crippen LogP contribution in [0.3, 0.4) is 0 Å². The van der Waals surface area contributed by atoms with E-state index in [1.807, 2.05) is 0 Å². The standard InChI is InChI=1S/C49H92O6/c1-4-7-10-13-16-19-21-23-24-26-28-31-33-36-39-42-48(51)54-45-46(55-49(52)43-40-37-34-29-18-15-12-9-6-3)44-53-47(50)41-38-35-32-30-27-25-22-20-17-14-11-8-5-2/h23-24,46H,4-22,25-45H2,1-3H3/b24-23-. The summed E-state index contributed by atoms with van der Waals surface area (Å²) in [4.78, 5) is 37.7. The Hall–Kier alpha value is -1.85. The topological polar surface area (TPSA) is 78.9 Å². The van der Waals surface area contributed by atoms with Crippen molar-refractivity contribution in [1.82, 2.24) is 0 Å². The first-order valence-electron chi connectivity index (χ1n) is 24.2. The summed E-state index contributed by atoms with van der Waals surface area (Å²) in [5, 5.41) is 0. The maximum absolute atomic E-state index is 12.7. The number of unbranched alkanes of at least 4 members (excludes halogenated alkanes) is 31. The van der Waals surface area contributed by atoms with Gasteiger partial charge in [0, 0.05) is 19.3 Å². The molecular weight excluding hydrogens is 685 g/mol. The lowest BCUT2D eigenvalue weighted by Gasteiger charge is -2.18. The largest absolute Gasteiger partial charge is 0.462 e. The van der Waals surface area contributed by atoms with E-state index in [1.165, 1.54) is 161 Å². The van der Waals surface area contributed by atoms with Crippen LogP contribution in [0.4, 0.5) is 0 Å². The summed E-state index contributed by atoms with van der Waals surface area (Å²) in [6.07, 6.45) is 47.6. The van der Waals surface area contributed by atoms with Crippen molar-refractivity contribution in [2.45, 2.75) is 271 Å². The number of allylic oxidation sites excluding steroid dienone is 2. The minimum absolute atomic E-state index is 0.0680. The molecule has 0 rings (SSSR count). The fourth-order valence-electron chi connectivity index (χ4n) is 7.08. The predicted octanol–water partition coefficient (Wildman–Crippen LogP) is 15.4. The Morgan fingerprint density at radius 2 is 0.600 bits per heavy atom. The molecule has 0 saturated heterocycles. The first-order chi connectivity index (χ1) is 27.0. The van der Waals surface area contributed by atoms with Gasteiger partial charge >= 0.3 is 17.9 Å². The Labute approximate surface area is 341 Å². The lowest BCUT2D eigenvalue weighted by atomic mass is 10.0. The van der Waals surface area contributed by atoms with E-state index in [4.69, 9.17) is 14.2 Å². The zero-order valence-corrected chi connectivity index (χ0v) is 37.0. The second-order valence-electron chi connectivity index (χ2n) is 16.4. The van der Waals surface area contributed by atoms with E-state index in [-0.39, 0.29) is 31.1 Å². The summed E-state index contributed by atoms with van der Waals surface area (Å²) in [7, 11) is 0. The molecule has 1 unspecified atom stereocenters. The fraction of sp³-hybridized carbons (Fsp3) is 0.898. The van der Waals surface area contributed by atoms with Crippen LogP contribution in [0.25, 0.3) is 0 Å². The van der Waals surface area contributed by atoms with Crippen LogP contribution >= 0.6 is 0 Å². The van der Waals surface area contributed by atoms with Crippen LogP contribution in [0.2, 0.25) is 0 Å². The van der Waals surface area contributed by atoms with Crippen LogP contribution in [-0.2, 0) is 28.6 Å². The zero-order chi connectivity index (χ0) is 40.1. The molecule has 0 aromatic heterocycles. The maximum atomic E-state index is 12.7. The quantitative estimate of drug-likeness (QED) is 0.0265. The molecule has 0 aliphatic carbocycles. The van der Waals surface area contributed by atoms with Gasteiger partial charge in [-0.25, -0.2) is 0 Å². The molecule has 0 radical (unpaired) electrons. The van der Waals surface area contributed by atoms with Gasteiger partial charge in [-0.1, -0.05) is 213 Å². The third kappa shape index (κ3) is 43.1. The Kier molecular flexibility index (Phi) is 43.4. The number of ether oxygens (including phenoxy) is 3. The third-order valence-electron chi connectivity index (χ3n) is 10.8. The molecule has 0 aromatic rings. The van der Waals surface area contributed by atoms with E-state index in [2.05, 4.69) is 32.9 Å². The van der Waals surface area contributed by atoms with E-state index in [9.17, 15) is 14.4 Å². The first-order valence-corrected chi connectivity index (χ1v) is 24.2. The summed E-state index contributed by atoms with van der Waals surface area (Å²) in [6, 6.07) is 0. The van der Waals surface area contributed by atoms with E-state index in [0.717, 1.165) is 64.2 Å². The van der Waals surface area contributed by atoms with Gasteiger partial charge in [0.25, 0.3) is 0 Å². The molecule has 0 amide bonds. The highest BCUT2D eigenvalue weighted by atomic mass is 16.6. The SMILES string of the molecule is CCCCCCCC/C=C\CCCCCCCC(=O)OCC(COC(=O)CCCCCCCCCCCCCCC)OC(=O)CCCCCCCCCCC. The molecule has 324 valence electrons. The Morgan fingerprint density at radius 3 is 0.909 bits per heavy atom. The molecule has 0 fully saturated rings. The van der Waals surface area contributed by atoms with Gasteiger partial charge in [0.05, 0.1) is 0 Å². The molecule has 0 bridgehead atoms. The molecule has 6 nitrogen and oxygen atoms in total. The first kappa shape index (κ1) is 53.1. The fourth-order valence-corrected chi connectivity index (χ4v) is 7.08. The average molecular weight is 777 g/mol. The van der Waals surface area contributed by atoms with Gasteiger partial charge in [-0.15, -0.1) is 0 Å². The Bertz CT molecular complexity index is 854. The number of carbonyl (C=O) groups is 3. The molecule has 6 heteroatoms. The summed E-state index contributed by atoms with van der Waals surface area (Å²) < 4.78 is 16.7. The van der Waals surface area contributed by atoms with Crippen molar-refractivity contribution in [2.24, 2.45) is 0 Å². The molecule has 0 N–H and O–H groups in total. The van der Waals surface area contributed by atoms with E-state index in [1.54, 1.807) is 0 Å². The lowest BCUT2D eigenvalue weighted by Crippen LogP contribution is -2.30. The van der Waals surface area contributed by atoms with Crippen LogP contribution < -0.4 is 0 Å². The summed E-state index contributed by atoms with van der Waals surface area (Å²) in [6.45, 7) is 6.62. The molecule has 1 atom stereocenters. The van der Waals surface area contributed by atoms with Crippen LogP contribution in [0.1, 0.15) is 265 Å². The van der Waals surface area contributed by atoms with Gasteiger partial charge in [0.15, 0.2) is 6.10 Å². The van der Waals surface area contributed by atoms with Gasteiger partial charge < -0.3 is 14.2 Å². The summed E-state index contributed by atoms with van der Waals surface area (Å²) in [5.41, 5.74) is 0. The van der Waals surface area contributed by atoms with E-state index >= 15 is 0 Å². The minimum atomic E-state index is -0.764. The molecule has 0 heterocycles. The van der Waals surface area contributed by atoms with Crippen molar-refractivity contribution in [2.75, 3.05) is 13.2 Å². The predicted molar refractivity (Wildman–Crippen MR) is 233 cm³/mol. The molecule has 55 heavy (non-hydrogen) atoms. The Balaban J connectivity index is 4.29. The molecule has 0 spiro atoms. The molecule has 0 aliphatic rings. The smallest absolute Gasteiger partial charge is 0.306 e. The van der Waals surface area contributed by atoms with Gasteiger partial charge in [0.1, 0.15) is 13.2 Å². The van der Waals surface area contributed by atoms with Crippen molar-refractivity contribution in [1.29, 1.82) is 0 Å². The molecule has 0 saturated carbocycles. The highest BCUT2D eigenvalue weighted by Gasteiger charge is 2.19. The van der Waals surface area contributed by atoms with Crippen molar-refractivity contribution < 1.29 is 28.6 Å². The van der Waals surface area contributed by atoms with Crippen LogP contribution in [0, 0.1) is 0 Å². The third-order valence-corrected chi connectivity index (χ3v) is 10.8. The second-order valence-corrected chi connectivity index (χ2v) is 16.4. The van der Waals surface area contributed by atoms with Crippen molar-refractivity contribution in [3.63, 3.8) is 0 Å². The van der Waals surface area contributed by atoms with Crippen molar-refractivity contribution in [3.05, 3.63) is 12.2 Å². The van der Waals surface area contributed by atoms with Gasteiger partial charge in [-0.2, -0.15) is 0 Å². The van der Waals surface area contributed by atoms with Crippen LogP contribution in [0.15, 0.2) is 12.2 Å². The van der Waals surface area contributed by atoms with E-state index < -0.39 is 6.10 Å². The number of hydrogen-bond donors (Lipinski definition) is 0. The Morgan fingerprint density at radius 1 is 0.345 bits per heavy atom. The van der Waals surface area contributed by atoms with Crippen molar-refractivity contribution in [3.8, 4) is 0 Å². The maximum Gasteiger partial charge on any atom is 0.306 e. The average Bonchev–Trinajstić information content (AvgIpc) is 3.18. The molecule has 0 aromatic carbocycles.